The normalized spacial score (nSPS) is 10.6. The van der Waals surface area contributed by atoms with Crippen molar-refractivity contribution in [2.45, 2.75) is 0 Å². The molecule has 0 unspecified atom stereocenters. The third kappa shape index (κ3) is 2.30. The molecule has 0 spiro atoms. The molecule has 0 aliphatic carbocycles. The molecule has 0 radical (unpaired) electrons. The first-order valence-corrected chi connectivity index (χ1v) is 6.04. The van der Waals surface area contributed by atoms with E-state index in [0.717, 1.165) is 10.9 Å². The van der Waals surface area contributed by atoms with Gasteiger partial charge in [-0.3, -0.25) is 0 Å². The number of halogens is 1. The van der Waals surface area contributed by atoms with Crippen LogP contribution in [-0.2, 0) is 0 Å². The van der Waals surface area contributed by atoms with E-state index in [2.05, 4.69) is 9.97 Å². The Hall–Kier alpha value is -2.33. The Morgan fingerprint density at radius 1 is 1.05 bits per heavy atom. The molecular weight excluding hydrogens is 262 g/mol. The molecule has 1 heterocycles. The summed E-state index contributed by atoms with van der Waals surface area (Å²) in [7, 11) is 0. The molecule has 3 rings (SSSR count). The number of benzene rings is 2. The highest BCUT2D eigenvalue weighted by molar-refractivity contribution is 6.32. The Labute approximate surface area is 114 Å². The monoisotopic (exact) mass is 271 g/mol. The zero-order valence-corrected chi connectivity index (χ0v) is 10.6. The van der Waals surface area contributed by atoms with Gasteiger partial charge in [0.05, 0.1) is 15.9 Å². The highest BCUT2D eigenvalue weighted by Gasteiger charge is 2.08. The van der Waals surface area contributed by atoms with Crippen LogP contribution in [0.3, 0.4) is 0 Å². The molecule has 0 atom stereocenters. The fourth-order valence-electron chi connectivity index (χ4n) is 1.76. The zero-order valence-electron chi connectivity index (χ0n) is 9.88. The maximum absolute atomic E-state index is 6.06. The number of hydrogen-bond donors (Lipinski definition) is 1. The summed E-state index contributed by atoms with van der Waals surface area (Å²) in [4.78, 5) is 8.30. The van der Waals surface area contributed by atoms with Crippen LogP contribution in [0.1, 0.15) is 0 Å². The van der Waals surface area contributed by atoms with Gasteiger partial charge < -0.3 is 10.5 Å². The molecule has 94 valence electrons. The number of aromatic nitrogens is 2. The molecule has 5 heteroatoms. The van der Waals surface area contributed by atoms with Gasteiger partial charge >= 0.3 is 0 Å². The molecule has 0 bridgehead atoms. The van der Waals surface area contributed by atoms with Crippen molar-refractivity contribution in [1.82, 2.24) is 9.97 Å². The number of hydrogen-bond acceptors (Lipinski definition) is 4. The predicted molar refractivity (Wildman–Crippen MR) is 75.5 cm³/mol. The van der Waals surface area contributed by atoms with Crippen LogP contribution < -0.4 is 10.5 Å². The SMILES string of the molecule is Nc1ccc2c(Oc3ccccc3Cl)ncnc2c1. The van der Waals surface area contributed by atoms with Gasteiger partial charge in [0.1, 0.15) is 12.1 Å². The average Bonchev–Trinajstić information content (AvgIpc) is 2.41. The number of rotatable bonds is 2. The summed E-state index contributed by atoms with van der Waals surface area (Å²) < 4.78 is 5.74. The molecule has 19 heavy (non-hydrogen) atoms. The van der Waals surface area contributed by atoms with E-state index in [1.165, 1.54) is 6.33 Å². The van der Waals surface area contributed by atoms with E-state index in [1.807, 2.05) is 18.2 Å². The van der Waals surface area contributed by atoms with Crippen LogP contribution in [0.2, 0.25) is 5.02 Å². The minimum atomic E-state index is 0.457. The molecule has 0 fully saturated rings. The third-order valence-corrected chi connectivity index (χ3v) is 2.98. The van der Waals surface area contributed by atoms with Crippen LogP contribution in [0.5, 0.6) is 11.6 Å². The molecule has 1 aromatic heterocycles. The lowest BCUT2D eigenvalue weighted by molar-refractivity contribution is 0.468. The van der Waals surface area contributed by atoms with Gasteiger partial charge in [-0.15, -0.1) is 0 Å². The molecule has 0 saturated carbocycles. The summed E-state index contributed by atoms with van der Waals surface area (Å²) in [5.74, 6) is 1.01. The van der Waals surface area contributed by atoms with Crippen LogP contribution in [0, 0.1) is 0 Å². The Kier molecular flexibility index (Phi) is 2.93. The number of anilines is 1. The van der Waals surface area contributed by atoms with Gasteiger partial charge in [0.25, 0.3) is 0 Å². The second-order valence-electron chi connectivity index (χ2n) is 3.99. The molecule has 0 aliphatic rings. The summed E-state index contributed by atoms with van der Waals surface area (Å²) in [5.41, 5.74) is 7.11. The second-order valence-corrected chi connectivity index (χ2v) is 4.40. The molecule has 0 aliphatic heterocycles. The van der Waals surface area contributed by atoms with Crippen molar-refractivity contribution >= 4 is 28.2 Å². The topological polar surface area (TPSA) is 61.0 Å². The standard InChI is InChI=1S/C14H10ClN3O/c15-11-3-1-2-4-13(11)19-14-10-6-5-9(16)7-12(10)17-8-18-14/h1-8H,16H2. The van der Waals surface area contributed by atoms with Crippen molar-refractivity contribution in [2.75, 3.05) is 5.73 Å². The fraction of sp³-hybridized carbons (Fsp3) is 0. The Morgan fingerprint density at radius 3 is 2.74 bits per heavy atom. The predicted octanol–water partition coefficient (Wildman–Crippen LogP) is 3.66. The number of nitrogens with zero attached hydrogens (tertiary/aromatic N) is 2. The number of para-hydroxylation sites is 1. The summed E-state index contributed by atoms with van der Waals surface area (Å²) in [6.07, 6.45) is 1.44. The van der Waals surface area contributed by atoms with E-state index >= 15 is 0 Å². The number of ether oxygens (including phenoxy) is 1. The Balaban J connectivity index is 2.09. The lowest BCUT2D eigenvalue weighted by Crippen LogP contribution is -1.93. The van der Waals surface area contributed by atoms with Crippen molar-refractivity contribution in [2.24, 2.45) is 0 Å². The van der Waals surface area contributed by atoms with Crippen molar-refractivity contribution < 1.29 is 4.74 Å². The van der Waals surface area contributed by atoms with Crippen molar-refractivity contribution in [3.63, 3.8) is 0 Å². The number of nitrogen functional groups attached to an aromatic ring is 1. The maximum Gasteiger partial charge on any atom is 0.230 e. The second kappa shape index (κ2) is 4.74. The molecule has 2 aromatic carbocycles. The number of fused-ring (bicyclic) bond motifs is 1. The number of nitrogens with two attached hydrogens (primary N) is 1. The largest absolute Gasteiger partial charge is 0.437 e. The van der Waals surface area contributed by atoms with Crippen molar-refractivity contribution in [1.29, 1.82) is 0 Å². The smallest absolute Gasteiger partial charge is 0.230 e. The van der Waals surface area contributed by atoms with E-state index in [9.17, 15) is 0 Å². The van der Waals surface area contributed by atoms with Crippen LogP contribution in [0.15, 0.2) is 48.8 Å². The highest BCUT2D eigenvalue weighted by Crippen LogP contribution is 2.31. The van der Waals surface area contributed by atoms with Crippen LogP contribution in [-0.4, -0.2) is 9.97 Å². The van der Waals surface area contributed by atoms with E-state index in [1.54, 1.807) is 24.3 Å². The Morgan fingerprint density at radius 2 is 1.89 bits per heavy atom. The summed E-state index contributed by atoms with van der Waals surface area (Å²) >= 11 is 6.06. The van der Waals surface area contributed by atoms with E-state index < -0.39 is 0 Å². The van der Waals surface area contributed by atoms with Crippen molar-refractivity contribution in [3.05, 3.63) is 53.8 Å². The van der Waals surface area contributed by atoms with Crippen LogP contribution in [0.4, 0.5) is 5.69 Å². The molecule has 4 nitrogen and oxygen atoms in total. The quantitative estimate of drug-likeness (QED) is 0.723. The van der Waals surface area contributed by atoms with E-state index in [-0.39, 0.29) is 0 Å². The summed E-state index contributed by atoms with van der Waals surface area (Å²) in [6, 6.07) is 12.6. The lowest BCUT2D eigenvalue weighted by atomic mass is 10.2. The van der Waals surface area contributed by atoms with Gasteiger partial charge in [-0.1, -0.05) is 23.7 Å². The Bertz CT molecular complexity index is 746. The highest BCUT2D eigenvalue weighted by atomic mass is 35.5. The van der Waals surface area contributed by atoms with Gasteiger partial charge in [0.2, 0.25) is 5.88 Å². The minimum Gasteiger partial charge on any atom is -0.437 e. The first-order chi connectivity index (χ1) is 9.24. The molecule has 2 N–H and O–H groups in total. The van der Waals surface area contributed by atoms with Gasteiger partial charge in [-0.25, -0.2) is 9.97 Å². The fourth-order valence-corrected chi connectivity index (χ4v) is 1.94. The summed E-state index contributed by atoms with van der Waals surface area (Å²) in [6.45, 7) is 0. The molecule has 0 amide bonds. The zero-order chi connectivity index (χ0) is 13.2. The van der Waals surface area contributed by atoms with Crippen LogP contribution in [0.25, 0.3) is 10.9 Å². The first-order valence-electron chi connectivity index (χ1n) is 5.66. The van der Waals surface area contributed by atoms with Crippen LogP contribution >= 0.6 is 11.6 Å². The van der Waals surface area contributed by atoms with Gasteiger partial charge in [0.15, 0.2) is 0 Å². The molecular formula is C14H10ClN3O. The van der Waals surface area contributed by atoms with Gasteiger partial charge in [-0.05, 0) is 30.3 Å². The lowest BCUT2D eigenvalue weighted by Gasteiger charge is -2.08. The van der Waals surface area contributed by atoms with Gasteiger partial charge in [-0.2, -0.15) is 0 Å². The van der Waals surface area contributed by atoms with E-state index in [0.29, 0.717) is 22.3 Å². The third-order valence-electron chi connectivity index (χ3n) is 2.67. The summed E-state index contributed by atoms with van der Waals surface area (Å²) in [5, 5.41) is 1.32. The molecule has 3 aromatic rings. The first kappa shape index (κ1) is 11.7. The minimum absolute atomic E-state index is 0.457. The average molecular weight is 272 g/mol. The maximum atomic E-state index is 6.06. The van der Waals surface area contributed by atoms with Gasteiger partial charge in [0, 0.05) is 5.69 Å². The molecule has 0 saturated heterocycles. The van der Waals surface area contributed by atoms with E-state index in [4.69, 9.17) is 22.1 Å². The van der Waals surface area contributed by atoms with Crippen molar-refractivity contribution in [3.8, 4) is 11.6 Å².